The van der Waals surface area contributed by atoms with Crippen molar-refractivity contribution < 1.29 is 0 Å². The lowest BCUT2D eigenvalue weighted by atomic mass is 9.90. The van der Waals surface area contributed by atoms with Crippen LogP contribution in [0.25, 0.3) is 91.6 Å². The molecule has 2 nitrogen and oxygen atoms in total. The zero-order valence-corrected chi connectivity index (χ0v) is 25.2. The van der Waals surface area contributed by atoms with Crippen LogP contribution in [-0.4, -0.2) is 9.38 Å². The van der Waals surface area contributed by atoms with E-state index >= 15 is 0 Å². The predicted molar refractivity (Wildman–Crippen MR) is 190 cm³/mol. The number of hydrogen-bond donors (Lipinski definition) is 0. The van der Waals surface area contributed by atoms with Gasteiger partial charge >= 0.3 is 0 Å². The maximum atomic E-state index is 5.29. The Hall–Kier alpha value is -5.25. The molecule has 44 heavy (non-hydrogen) atoms. The number of aromatic nitrogens is 2. The Morgan fingerprint density at radius 3 is 2.32 bits per heavy atom. The van der Waals surface area contributed by atoms with Crippen LogP contribution in [0, 0.1) is 13.8 Å². The topological polar surface area (TPSA) is 17.3 Å². The number of aryl methyl sites for hydroxylation is 1. The minimum Gasteiger partial charge on any atom is -0.293 e. The summed E-state index contributed by atoms with van der Waals surface area (Å²) >= 11 is 1.90. The molecule has 0 fully saturated rings. The highest BCUT2D eigenvalue weighted by Crippen LogP contribution is 2.48. The van der Waals surface area contributed by atoms with Gasteiger partial charge in [-0.25, -0.2) is 4.98 Å². The fourth-order valence-electron chi connectivity index (χ4n) is 7.57. The summed E-state index contributed by atoms with van der Waals surface area (Å²) in [5.74, 6) is 0. The predicted octanol–water partition coefficient (Wildman–Crippen LogP) is 11.7. The molecule has 0 amide bonds. The molecule has 4 aromatic heterocycles. The standard InChI is InChI=1S/C41H26N2S/c1-23-10-3-5-12-27(23)29-15-9-14-28(24(29)2)25-18-19-36-31(20-25)32-22-33-30-13-6-8-17-37(30)44-40(33)38-34-21-26-11-4-7-16-35(26)42-41(34)43(36)39(32)38/h3-22H,1-2H3. The fourth-order valence-corrected chi connectivity index (χ4v) is 8.81. The zero-order chi connectivity index (χ0) is 29.1. The summed E-state index contributed by atoms with van der Waals surface area (Å²) in [5, 5.41) is 8.96. The Bertz CT molecular complexity index is 2800. The molecule has 0 saturated heterocycles. The molecule has 0 spiro atoms. The molecule has 0 aliphatic carbocycles. The van der Waals surface area contributed by atoms with Crippen molar-refractivity contribution in [3.63, 3.8) is 0 Å². The number of para-hydroxylation sites is 1. The smallest absolute Gasteiger partial charge is 0.146 e. The third kappa shape index (κ3) is 3.12. The van der Waals surface area contributed by atoms with E-state index in [1.54, 1.807) is 0 Å². The van der Waals surface area contributed by atoms with Crippen molar-refractivity contribution in [2.45, 2.75) is 13.8 Å². The zero-order valence-electron chi connectivity index (χ0n) is 24.3. The van der Waals surface area contributed by atoms with Crippen molar-refractivity contribution in [1.29, 1.82) is 0 Å². The van der Waals surface area contributed by atoms with E-state index in [4.69, 9.17) is 4.98 Å². The van der Waals surface area contributed by atoms with E-state index in [-0.39, 0.29) is 0 Å². The summed E-state index contributed by atoms with van der Waals surface area (Å²) in [6, 6.07) is 44.5. The number of rotatable bonds is 2. The van der Waals surface area contributed by atoms with Gasteiger partial charge in [0, 0.05) is 47.1 Å². The lowest BCUT2D eigenvalue weighted by molar-refractivity contribution is 1.30. The van der Waals surface area contributed by atoms with Gasteiger partial charge in [-0.15, -0.1) is 11.3 Å². The van der Waals surface area contributed by atoms with Crippen molar-refractivity contribution >= 4 is 80.6 Å². The molecule has 0 saturated carbocycles. The van der Waals surface area contributed by atoms with Crippen molar-refractivity contribution in [1.82, 2.24) is 9.38 Å². The monoisotopic (exact) mass is 578 g/mol. The number of pyridine rings is 1. The summed E-state index contributed by atoms with van der Waals surface area (Å²) in [6.45, 7) is 4.46. The molecule has 0 bridgehead atoms. The summed E-state index contributed by atoms with van der Waals surface area (Å²) in [5.41, 5.74) is 12.3. The highest BCUT2D eigenvalue weighted by atomic mass is 32.1. The van der Waals surface area contributed by atoms with Gasteiger partial charge in [0.1, 0.15) is 5.65 Å². The summed E-state index contributed by atoms with van der Waals surface area (Å²) in [4.78, 5) is 5.29. The van der Waals surface area contributed by atoms with Crippen LogP contribution in [0.15, 0.2) is 121 Å². The molecule has 0 aliphatic heterocycles. The highest BCUT2D eigenvalue weighted by molar-refractivity contribution is 7.26. The van der Waals surface area contributed by atoms with Crippen molar-refractivity contribution in [2.24, 2.45) is 0 Å². The van der Waals surface area contributed by atoms with Crippen molar-refractivity contribution in [3.05, 3.63) is 132 Å². The van der Waals surface area contributed by atoms with Crippen LogP contribution in [0.3, 0.4) is 0 Å². The molecular formula is C41H26N2S. The largest absolute Gasteiger partial charge is 0.293 e. The van der Waals surface area contributed by atoms with Crippen molar-refractivity contribution in [2.75, 3.05) is 0 Å². The number of benzene rings is 6. The lowest BCUT2D eigenvalue weighted by Gasteiger charge is -2.14. The normalized spacial score (nSPS) is 12.3. The lowest BCUT2D eigenvalue weighted by Crippen LogP contribution is -1.91. The summed E-state index contributed by atoms with van der Waals surface area (Å²) in [7, 11) is 0. The SMILES string of the molecule is Cc1ccccc1-c1cccc(-c2ccc3c(c2)c2cc4c5ccccc5sc4c4c5cc6ccccc6nc5n3c24)c1C. The molecule has 6 aromatic carbocycles. The Kier molecular flexibility index (Phi) is 4.76. The fraction of sp³-hybridized carbons (Fsp3) is 0.0488. The average Bonchev–Trinajstić information content (AvgIpc) is 3.70. The van der Waals surface area contributed by atoms with Crippen LogP contribution < -0.4 is 0 Å². The van der Waals surface area contributed by atoms with Gasteiger partial charge in [-0.1, -0.05) is 84.9 Å². The van der Waals surface area contributed by atoms with Gasteiger partial charge in [-0.3, -0.25) is 4.40 Å². The minimum atomic E-state index is 1.03. The van der Waals surface area contributed by atoms with Crippen LogP contribution in [0.5, 0.6) is 0 Å². The third-order valence-corrected chi connectivity index (χ3v) is 10.9. The Morgan fingerprint density at radius 2 is 1.39 bits per heavy atom. The molecule has 0 unspecified atom stereocenters. The van der Waals surface area contributed by atoms with Gasteiger partial charge in [-0.05, 0) is 83.6 Å². The van der Waals surface area contributed by atoms with E-state index < -0.39 is 0 Å². The second-order valence-corrected chi connectivity index (χ2v) is 13.1. The first-order valence-corrected chi connectivity index (χ1v) is 16.0. The van der Waals surface area contributed by atoms with E-state index in [9.17, 15) is 0 Å². The Morgan fingerprint density at radius 1 is 0.591 bits per heavy atom. The van der Waals surface area contributed by atoms with E-state index in [1.807, 2.05) is 11.3 Å². The average molecular weight is 579 g/mol. The van der Waals surface area contributed by atoms with Crippen LogP contribution >= 0.6 is 11.3 Å². The summed E-state index contributed by atoms with van der Waals surface area (Å²) in [6.07, 6.45) is 0. The molecule has 206 valence electrons. The first-order chi connectivity index (χ1) is 21.7. The maximum Gasteiger partial charge on any atom is 0.146 e. The molecule has 10 aromatic rings. The highest BCUT2D eigenvalue weighted by Gasteiger charge is 2.23. The third-order valence-electron chi connectivity index (χ3n) is 9.66. The Balaban J connectivity index is 1.34. The number of thiophene rings is 1. The number of nitrogens with zero attached hydrogens (tertiary/aromatic N) is 2. The van der Waals surface area contributed by atoms with Crippen LogP contribution in [0.1, 0.15) is 11.1 Å². The van der Waals surface area contributed by atoms with Gasteiger partial charge in [0.2, 0.25) is 0 Å². The van der Waals surface area contributed by atoms with Crippen LogP contribution in [0.4, 0.5) is 0 Å². The molecule has 3 heteroatoms. The molecule has 0 atom stereocenters. The molecular weight excluding hydrogens is 553 g/mol. The quantitative estimate of drug-likeness (QED) is 0.199. The second kappa shape index (κ2) is 8.66. The van der Waals surface area contributed by atoms with Gasteiger partial charge in [0.05, 0.1) is 16.6 Å². The first-order valence-electron chi connectivity index (χ1n) is 15.1. The number of fused-ring (bicyclic) bond motifs is 11. The minimum absolute atomic E-state index is 1.03. The van der Waals surface area contributed by atoms with Gasteiger partial charge in [0.15, 0.2) is 0 Å². The Labute approximate surface area is 257 Å². The van der Waals surface area contributed by atoms with E-state index in [0.29, 0.717) is 0 Å². The first kappa shape index (κ1) is 24.2. The molecule has 10 rings (SSSR count). The number of hydrogen-bond acceptors (Lipinski definition) is 2. The van der Waals surface area contributed by atoms with Gasteiger partial charge in [0.25, 0.3) is 0 Å². The van der Waals surface area contributed by atoms with Crippen molar-refractivity contribution in [3.8, 4) is 22.3 Å². The van der Waals surface area contributed by atoms with E-state index in [0.717, 1.165) is 11.2 Å². The molecule has 0 N–H and O–H groups in total. The van der Waals surface area contributed by atoms with E-state index in [1.165, 1.54) is 91.5 Å². The summed E-state index contributed by atoms with van der Waals surface area (Å²) < 4.78 is 5.10. The maximum absolute atomic E-state index is 5.29. The molecule has 4 heterocycles. The molecule has 0 radical (unpaired) electrons. The van der Waals surface area contributed by atoms with Crippen LogP contribution in [-0.2, 0) is 0 Å². The van der Waals surface area contributed by atoms with Gasteiger partial charge < -0.3 is 0 Å². The second-order valence-electron chi connectivity index (χ2n) is 12.0. The van der Waals surface area contributed by atoms with Crippen LogP contribution in [0.2, 0.25) is 0 Å². The molecule has 0 aliphatic rings. The van der Waals surface area contributed by atoms with E-state index in [2.05, 4.69) is 140 Å². The van der Waals surface area contributed by atoms with Gasteiger partial charge in [-0.2, -0.15) is 0 Å².